The van der Waals surface area contributed by atoms with Crippen molar-refractivity contribution >= 4 is 17.8 Å². The molecule has 0 aliphatic heterocycles. The zero-order valence-corrected chi connectivity index (χ0v) is 10.3. The van der Waals surface area contributed by atoms with Crippen molar-refractivity contribution in [2.75, 3.05) is 0 Å². The van der Waals surface area contributed by atoms with Crippen LogP contribution in [0.5, 0.6) is 0 Å². The van der Waals surface area contributed by atoms with Crippen molar-refractivity contribution < 1.29 is 19.5 Å². The molecule has 2 amide bonds. The van der Waals surface area contributed by atoms with E-state index in [0.717, 1.165) is 5.56 Å². The van der Waals surface area contributed by atoms with Gasteiger partial charge in [-0.3, -0.25) is 14.4 Å². The monoisotopic (exact) mass is 264 g/mol. The highest BCUT2D eigenvalue weighted by atomic mass is 16.4. The minimum Gasteiger partial charge on any atom is -0.481 e. The van der Waals surface area contributed by atoms with Gasteiger partial charge < -0.3 is 16.2 Å². The fourth-order valence-corrected chi connectivity index (χ4v) is 1.57. The lowest BCUT2D eigenvalue weighted by Crippen LogP contribution is -2.45. The first-order valence-corrected chi connectivity index (χ1v) is 5.83. The number of carboxylic acid groups (broad SMARTS) is 1. The summed E-state index contributed by atoms with van der Waals surface area (Å²) in [5.74, 6) is -2.43. The number of aryl methyl sites for hydroxylation is 1. The second-order valence-electron chi connectivity index (χ2n) is 4.11. The maximum Gasteiger partial charge on any atom is 0.305 e. The number of nitrogens with one attached hydrogen (secondary N) is 1. The standard InChI is InChI=1S/C13H16N2O4/c14-13(19)10(8-12(17)18)15-11(16)7-6-9-4-2-1-3-5-9/h1-5,10H,6-8H2,(H2,14,19)(H,15,16)(H,17,18)/t10-/m0/s1. The summed E-state index contributed by atoms with van der Waals surface area (Å²) in [6.07, 6.45) is 0.186. The molecular formula is C13H16N2O4. The minimum atomic E-state index is -1.19. The first kappa shape index (κ1) is 14.7. The number of carboxylic acids is 1. The summed E-state index contributed by atoms with van der Waals surface area (Å²) in [6.45, 7) is 0. The average Bonchev–Trinajstić information content (AvgIpc) is 2.36. The molecular weight excluding hydrogens is 248 g/mol. The van der Waals surface area contributed by atoms with Crippen LogP contribution in [-0.4, -0.2) is 28.9 Å². The largest absolute Gasteiger partial charge is 0.481 e. The van der Waals surface area contributed by atoms with E-state index in [2.05, 4.69) is 5.32 Å². The van der Waals surface area contributed by atoms with Crippen LogP contribution in [0.15, 0.2) is 30.3 Å². The van der Waals surface area contributed by atoms with Gasteiger partial charge in [0.25, 0.3) is 0 Å². The Labute approximate surface area is 110 Å². The molecule has 4 N–H and O–H groups in total. The van der Waals surface area contributed by atoms with Crippen LogP contribution < -0.4 is 11.1 Å². The first-order chi connectivity index (χ1) is 8.99. The Kier molecular flexibility index (Phi) is 5.53. The highest BCUT2D eigenvalue weighted by Crippen LogP contribution is 2.02. The maximum absolute atomic E-state index is 11.6. The summed E-state index contributed by atoms with van der Waals surface area (Å²) >= 11 is 0. The third kappa shape index (κ3) is 5.67. The van der Waals surface area contributed by atoms with Gasteiger partial charge in [0.2, 0.25) is 11.8 Å². The Bertz CT molecular complexity index is 459. The molecule has 102 valence electrons. The third-order valence-electron chi connectivity index (χ3n) is 2.54. The van der Waals surface area contributed by atoms with E-state index in [9.17, 15) is 14.4 Å². The van der Waals surface area contributed by atoms with Crippen molar-refractivity contribution in [3.8, 4) is 0 Å². The summed E-state index contributed by atoms with van der Waals surface area (Å²) in [5.41, 5.74) is 6.02. The number of benzene rings is 1. The molecule has 1 aromatic carbocycles. The SMILES string of the molecule is NC(=O)[C@H](CC(=O)O)NC(=O)CCc1ccccc1. The Hall–Kier alpha value is -2.37. The summed E-state index contributed by atoms with van der Waals surface area (Å²) < 4.78 is 0. The van der Waals surface area contributed by atoms with Crippen molar-refractivity contribution in [1.82, 2.24) is 5.32 Å². The number of amides is 2. The minimum absolute atomic E-state index is 0.174. The summed E-state index contributed by atoms with van der Waals surface area (Å²) in [7, 11) is 0. The van der Waals surface area contributed by atoms with Crippen LogP contribution in [0.25, 0.3) is 0 Å². The van der Waals surface area contributed by atoms with Gasteiger partial charge in [0.1, 0.15) is 6.04 Å². The molecule has 0 unspecified atom stereocenters. The molecule has 6 nitrogen and oxygen atoms in total. The summed E-state index contributed by atoms with van der Waals surface area (Å²) in [4.78, 5) is 33.1. The lowest BCUT2D eigenvalue weighted by Gasteiger charge is -2.13. The summed E-state index contributed by atoms with van der Waals surface area (Å²) in [6, 6.07) is 8.21. The van der Waals surface area contributed by atoms with Crippen LogP contribution in [0.2, 0.25) is 0 Å². The molecule has 1 rings (SSSR count). The van der Waals surface area contributed by atoms with Gasteiger partial charge in [-0.2, -0.15) is 0 Å². The number of carbonyl (C=O) groups is 3. The topological polar surface area (TPSA) is 109 Å². The van der Waals surface area contributed by atoms with Crippen LogP contribution in [0, 0.1) is 0 Å². The first-order valence-electron chi connectivity index (χ1n) is 5.83. The normalized spacial score (nSPS) is 11.6. The molecule has 0 spiro atoms. The molecule has 0 aromatic heterocycles. The molecule has 0 heterocycles. The van der Waals surface area contributed by atoms with Crippen LogP contribution in [0.1, 0.15) is 18.4 Å². The van der Waals surface area contributed by atoms with Crippen molar-refractivity contribution in [1.29, 1.82) is 0 Å². The van der Waals surface area contributed by atoms with Gasteiger partial charge in [-0.05, 0) is 12.0 Å². The van der Waals surface area contributed by atoms with Crippen LogP contribution >= 0.6 is 0 Å². The number of rotatable bonds is 7. The van der Waals surface area contributed by atoms with E-state index in [1.54, 1.807) is 0 Å². The van der Waals surface area contributed by atoms with E-state index in [4.69, 9.17) is 10.8 Å². The Morgan fingerprint density at radius 1 is 1.21 bits per heavy atom. The molecule has 0 saturated carbocycles. The molecule has 0 aliphatic carbocycles. The molecule has 0 fully saturated rings. The lowest BCUT2D eigenvalue weighted by atomic mass is 10.1. The molecule has 6 heteroatoms. The Balaban J connectivity index is 2.45. The van der Waals surface area contributed by atoms with E-state index in [1.165, 1.54) is 0 Å². The van der Waals surface area contributed by atoms with Gasteiger partial charge in [0, 0.05) is 6.42 Å². The van der Waals surface area contributed by atoms with Crippen molar-refractivity contribution in [3.05, 3.63) is 35.9 Å². The van der Waals surface area contributed by atoms with Gasteiger partial charge in [0.15, 0.2) is 0 Å². The lowest BCUT2D eigenvalue weighted by molar-refractivity contribution is -0.140. The van der Waals surface area contributed by atoms with E-state index in [0.29, 0.717) is 6.42 Å². The quantitative estimate of drug-likeness (QED) is 0.647. The van der Waals surface area contributed by atoms with Crippen LogP contribution in [0.4, 0.5) is 0 Å². The Morgan fingerprint density at radius 3 is 2.37 bits per heavy atom. The molecule has 0 radical (unpaired) electrons. The van der Waals surface area contributed by atoms with E-state index in [-0.39, 0.29) is 6.42 Å². The third-order valence-corrected chi connectivity index (χ3v) is 2.54. The highest BCUT2D eigenvalue weighted by Gasteiger charge is 2.20. The second kappa shape index (κ2) is 7.15. The van der Waals surface area contributed by atoms with Gasteiger partial charge in [0.05, 0.1) is 6.42 Å². The fraction of sp³-hybridized carbons (Fsp3) is 0.308. The number of aliphatic carboxylic acids is 1. The summed E-state index contributed by atoms with van der Waals surface area (Å²) in [5, 5.41) is 10.9. The second-order valence-corrected chi connectivity index (χ2v) is 4.11. The molecule has 1 aromatic rings. The van der Waals surface area contributed by atoms with E-state index >= 15 is 0 Å². The molecule has 1 atom stereocenters. The van der Waals surface area contributed by atoms with Crippen molar-refractivity contribution in [2.45, 2.75) is 25.3 Å². The zero-order valence-electron chi connectivity index (χ0n) is 10.3. The van der Waals surface area contributed by atoms with Crippen molar-refractivity contribution in [2.24, 2.45) is 5.73 Å². The molecule has 0 aliphatic rings. The van der Waals surface area contributed by atoms with Crippen molar-refractivity contribution in [3.63, 3.8) is 0 Å². The molecule has 0 bridgehead atoms. The smallest absolute Gasteiger partial charge is 0.305 e. The zero-order chi connectivity index (χ0) is 14.3. The van der Waals surface area contributed by atoms with E-state index in [1.807, 2.05) is 30.3 Å². The number of nitrogens with two attached hydrogens (primary N) is 1. The molecule has 19 heavy (non-hydrogen) atoms. The number of hydrogen-bond donors (Lipinski definition) is 3. The number of hydrogen-bond acceptors (Lipinski definition) is 3. The van der Waals surface area contributed by atoms with Gasteiger partial charge in [-0.15, -0.1) is 0 Å². The highest BCUT2D eigenvalue weighted by molar-refractivity contribution is 5.89. The number of primary amides is 1. The number of carbonyl (C=O) groups excluding carboxylic acids is 2. The average molecular weight is 264 g/mol. The predicted octanol–water partition coefficient (Wildman–Crippen LogP) is 0.0640. The van der Waals surface area contributed by atoms with Crippen LogP contribution in [0.3, 0.4) is 0 Å². The van der Waals surface area contributed by atoms with Crippen LogP contribution in [-0.2, 0) is 20.8 Å². The Morgan fingerprint density at radius 2 is 1.84 bits per heavy atom. The maximum atomic E-state index is 11.6. The van der Waals surface area contributed by atoms with Gasteiger partial charge in [-0.1, -0.05) is 30.3 Å². The van der Waals surface area contributed by atoms with Gasteiger partial charge >= 0.3 is 5.97 Å². The predicted molar refractivity (Wildman–Crippen MR) is 68.1 cm³/mol. The fourth-order valence-electron chi connectivity index (χ4n) is 1.57. The van der Waals surface area contributed by atoms with Gasteiger partial charge in [-0.25, -0.2) is 0 Å². The molecule has 0 saturated heterocycles. The van der Waals surface area contributed by atoms with E-state index < -0.39 is 30.2 Å².